The van der Waals surface area contributed by atoms with Crippen LogP contribution in [0.1, 0.15) is 0 Å². The van der Waals surface area contributed by atoms with E-state index in [0.29, 0.717) is 21.5 Å². The molecule has 0 radical (unpaired) electrons. The van der Waals surface area contributed by atoms with E-state index in [0.717, 1.165) is 16.1 Å². The Bertz CT molecular complexity index is 1120. The molecule has 1 aromatic heterocycles. The lowest BCUT2D eigenvalue weighted by molar-refractivity contribution is -0.114. The minimum atomic E-state index is -3.70. The molecule has 0 aliphatic heterocycles. The Balaban J connectivity index is 1.73. The highest BCUT2D eigenvalue weighted by atomic mass is 35.5. The molecule has 1 amide bonds. The number of anilines is 2. The topological polar surface area (TPSA) is 101 Å². The Morgan fingerprint density at radius 3 is 2.55 bits per heavy atom. The number of aromatic nitrogens is 2. The molecule has 1 N–H and O–H groups in total. The van der Waals surface area contributed by atoms with Gasteiger partial charge in [-0.3, -0.25) is 14.4 Å². The first kappa shape index (κ1) is 21.0. The van der Waals surface area contributed by atoms with Crippen molar-refractivity contribution in [3.8, 4) is 16.3 Å². The summed E-state index contributed by atoms with van der Waals surface area (Å²) in [6.07, 6.45) is 1.02. The van der Waals surface area contributed by atoms with Gasteiger partial charge in [0.15, 0.2) is 0 Å². The maximum atomic E-state index is 12.4. The second-order valence-corrected chi connectivity index (χ2v) is 9.26. The van der Waals surface area contributed by atoms with E-state index in [4.69, 9.17) is 16.3 Å². The number of hydrogen-bond donors (Lipinski definition) is 1. The normalized spacial score (nSPS) is 11.1. The van der Waals surface area contributed by atoms with Crippen LogP contribution in [0, 0.1) is 0 Å². The van der Waals surface area contributed by atoms with Gasteiger partial charge in [0.1, 0.15) is 17.3 Å². The summed E-state index contributed by atoms with van der Waals surface area (Å²) in [5, 5.41) is 11.8. The van der Waals surface area contributed by atoms with Gasteiger partial charge >= 0.3 is 0 Å². The van der Waals surface area contributed by atoms with Crippen LogP contribution < -0.4 is 14.4 Å². The third-order valence-corrected chi connectivity index (χ3v) is 6.06. The van der Waals surface area contributed by atoms with Crippen LogP contribution in [0.3, 0.4) is 0 Å². The van der Waals surface area contributed by atoms with Crippen LogP contribution in [-0.4, -0.2) is 44.4 Å². The van der Waals surface area contributed by atoms with Crippen molar-refractivity contribution in [1.82, 2.24) is 10.2 Å². The summed E-state index contributed by atoms with van der Waals surface area (Å²) in [6, 6.07) is 13.5. The summed E-state index contributed by atoms with van der Waals surface area (Å²) in [5.41, 5.74) is 1.12. The lowest BCUT2D eigenvalue weighted by Gasteiger charge is -2.21. The molecule has 8 nitrogen and oxygen atoms in total. The third kappa shape index (κ3) is 5.43. The number of rotatable bonds is 7. The quantitative estimate of drug-likeness (QED) is 0.590. The summed E-state index contributed by atoms with van der Waals surface area (Å²) in [6.45, 7) is -0.420. The number of carbonyl (C=O) groups excluding carboxylic acids is 1. The first-order valence-corrected chi connectivity index (χ1v) is 11.3. The van der Waals surface area contributed by atoms with Gasteiger partial charge in [0.2, 0.25) is 21.1 Å². The van der Waals surface area contributed by atoms with Gasteiger partial charge < -0.3 is 4.74 Å². The second kappa shape index (κ2) is 8.76. The highest BCUT2D eigenvalue weighted by molar-refractivity contribution is 7.92. The number of amides is 1. The van der Waals surface area contributed by atoms with Crippen molar-refractivity contribution < 1.29 is 17.9 Å². The second-order valence-electron chi connectivity index (χ2n) is 5.94. The molecule has 0 atom stereocenters. The third-order valence-electron chi connectivity index (χ3n) is 3.79. The van der Waals surface area contributed by atoms with Crippen LogP contribution in [0.5, 0.6) is 5.75 Å². The number of sulfonamides is 1. The van der Waals surface area contributed by atoms with E-state index in [-0.39, 0.29) is 5.13 Å². The molecule has 29 heavy (non-hydrogen) atoms. The number of halogens is 1. The predicted octanol–water partition coefficient (Wildman–Crippen LogP) is 3.27. The van der Waals surface area contributed by atoms with E-state index in [1.165, 1.54) is 17.4 Å². The number of benzene rings is 2. The molecular weight excluding hydrogens is 436 g/mol. The van der Waals surface area contributed by atoms with Gasteiger partial charge in [-0.25, -0.2) is 8.42 Å². The van der Waals surface area contributed by atoms with Crippen LogP contribution in [0.4, 0.5) is 10.8 Å². The summed E-state index contributed by atoms with van der Waals surface area (Å²) >= 11 is 7.12. The average molecular weight is 453 g/mol. The molecule has 3 aromatic rings. The fourth-order valence-corrected chi connectivity index (χ4v) is 4.24. The minimum absolute atomic E-state index is 0.264. The van der Waals surface area contributed by atoms with E-state index in [1.807, 2.05) is 12.1 Å². The Labute approximate surface area is 177 Å². The van der Waals surface area contributed by atoms with Crippen molar-refractivity contribution in [2.24, 2.45) is 0 Å². The van der Waals surface area contributed by atoms with Crippen LogP contribution in [0.2, 0.25) is 5.02 Å². The lowest BCUT2D eigenvalue weighted by atomic mass is 10.2. The fraction of sp³-hybridized carbons (Fsp3) is 0.167. The van der Waals surface area contributed by atoms with Crippen LogP contribution in [0.15, 0.2) is 48.5 Å². The lowest BCUT2D eigenvalue weighted by Crippen LogP contribution is -2.37. The Morgan fingerprint density at radius 2 is 1.93 bits per heavy atom. The van der Waals surface area contributed by atoms with Gasteiger partial charge in [-0.1, -0.05) is 29.0 Å². The molecule has 152 valence electrons. The van der Waals surface area contributed by atoms with Gasteiger partial charge in [0.05, 0.1) is 19.1 Å². The summed E-state index contributed by atoms with van der Waals surface area (Å²) in [7, 11) is -2.12. The zero-order chi connectivity index (χ0) is 21.0. The maximum absolute atomic E-state index is 12.4. The minimum Gasteiger partial charge on any atom is -0.497 e. The predicted molar refractivity (Wildman–Crippen MR) is 114 cm³/mol. The zero-order valence-electron chi connectivity index (χ0n) is 15.5. The molecule has 0 saturated heterocycles. The average Bonchev–Trinajstić information content (AvgIpc) is 3.13. The zero-order valence-corrected chi connectivity index (χ0v) is 17.9. The van der Waals surface area contributed by atoms with Gasteiger partial charge in [0.25, 0.3) is 0 Å². The van der Waals surface area contributed by atoms with Crippen molar-refractivity contribution in [3.63, 3.8) is 0 Å². The largest absolute Gasteiger partial charge is 0.497 e. The number of ether oxygens (including phenoxy) is 1. The van der Waals surface area contributed by atoms with E-state index in [1.54, 1.807) is 37.4 Å². The highest BCUT2D eigenvalue weighted by Gasteiger charge is 2.22. The summed E-state index contributed by atoms with van der Waals surface area (Å²) < 4.78 is 30.4. The number of carbonyl (C=O) groups is 1. The van der Waals surface area contributed by atoms with Gasteiger partial charge in [-0.2, -0.15) is 0 Å². The Hall–Kier alpha value is -2.69. The molecule has 0 fully saturated rings. The first-order valence-electron chi connectivity index (χ1n) is 8.27. The van der Waals surface area contributed by atoms with Crippen molar-refractivity contribution in [3.05, 3.63) is 53.6 Å². The number of nitrogens with one attached hydrogen (secondary N) is 1. The van der Waals surface area contributed by atoms with Crippen molar-refractivity contribution in [1.29, 1.82) is 0 Å². The van der Waals surface area contributed by atoms with Crippen molar-refractivity contribution in [2.75, 3.05) is 29.5 Å². The standard InChI is InChI=1S/C18H17ClN4O4S2/c1-27-15-8-6-12(7-9-15)17-21-22-18(28-17)20-16(24)11-23(29(2,25)26)14-5-3-4-13(19)10-14/h3-10H,11H2,1-2H3,(H,20,22,24). The maximum Gasteiger partial charge on any atom is 0.246 e. The van der Waals surface area contributed by atoms with Crippen molar-refractivity contribution in [2.45, 2.75) is 0 Å². The molecule has 0 bridgehead atoms. The van der Waals surface area contributed by atoms with Gasteiger partial charge in [0, 0.05) is 10.6 Å². The van der Waals surface area contributed by atoms with E-state index in [2.05, 4.69) is 15.5 Å². The van der Waals surface area contributed by atoms with Crippen molar-refractivity contribution >= 4 is 49.7 Å². The monoisotopic (exact) mass is 452 g/mol. The molecule has 0 saturated carbocycles. The number of nitrogens with zero attached hydrogens (tertiary/aromatic N) is 3. The fourth-order valence-electron chi connectivity index (χ4n) is 2.44. The molecule has 1 heterocycles. The molecule has 2 aromatic carbocycles. The van der Waals surface area contributed by atoms with Crippen LogP contribution in [-0.2, 0) is 14.8 Å². The highest BCUT2D eigenvalue weighted by Crippen LogP contribution is 2.28. The smallest absolute Gasteiger partial charge is 0.246 e. The Kier molecular flexibility index (Phi) is 6.36. The number of hydrogen-bond acceptors (Lipinski definition) is 7. The van der Waals surface area contributed by atoms with E-state index in [9.17, 15) is 13.2 Å². The number of methoxy groups -OCH3 is 1. The van der Waals surface area contributed by atoms with Gasteiger partial charge in [-0.05, 0) is 42.5 Å². The molecule has 3 rings (SSSR count). The van der Waals surface area contributed by atoms with Crippen LogP contribution >= 0.6 is 22.9 Å². The SMILES string of the molecule is COc1ccc(-c2nnc(NC(=O)CN(c3cccc(Cl)c3)S(C)(=O)=O)s2)cc1. The molecule has 11 heteroatoms. The first-order chi connectivity index (χ1) is 13.8. The molecule has 0 spiro atoms. The molecule has 0 unspecified atom stereocenters. The van der Waals surface area contributed by atoms with E-state index >= 15 is 0 Å². The molecule has 0 aliphatic carbocycles. The van der Waals surface area contributed by atoms with Gasteiger partial charge in [-0.15, -0.1) is 10.2 Å². The Morgan fingerprint density at radius 1 is 1.21 bits per heavy atom. The molecular formula is C18H17ClN4O4S2. The summed E-state index contributed by atoms with van der Waals surface area (Å²) in [5.74, 6) is 0.168. The summed E-state index contributed by atoms with van der Waals surface area (Å²) in [4.78, 5) is 12.4. The van der Waals surface area contributed by atoms with Crippen LogP contribution in [0.25, 0.3) is 10.6 Å². The molecule has 0 aliphatic rings. The van der Waals surface area contributed by atoms with E-state index < -0.39 is 22.5 Å².